The van der Waals surface area contributed by atoms with Gasteiger partial charge in [0.15, 0.2) is 17.5 Å². The van der Waals surface area contributed by atoms with Crippen LogP contribution in [0.25, 0.3) is 122 Å². The molecule has 0 radical (unpaired) electrons. The van der Waals surface area contributed by atoms with Crippen LogP contribution in [0.4, 0.5) is 0 Å². The van der Waals surface area contributed by atoms with E-state index in [4.69, 9.17) is 23.8 Å². The predicted molar refractivity (Wildman–Crippen MR) is 237 cm³/mol. The molecule has 0 saturated heterocycles. The molecule has 0 atom stereocenters. The Morgan fingerprint density at radius 2 is 0.828 bits per heavy atom. The van der Waals surface area contributed by atoms with E-state index in [1.807, 2.05) is 36.4 Å². The maximum Gasteiger partial charge on any atom is 0.164 e. The number of fused-ring (bicyclic) bond motifs is 9. The molecule has 0 saturated carbocycles. The van der Waals surface area contributed by atoms with Crippen molar-refractivity contribution in [2.24, 2.45) is 0 Å². The van der Waals surface area contributed by atoms with Crippen molar-refractivity contribution in [1.29, 1.82) is 0 Å². The minimum absolute atomic E-state index is 0.604. The molecular weight excluding hydrogens is 711 g/mol. The van der Waals surface area contributed by atoms with E-state index in [9.17, 15) is 0 Å². The van der Waals surface area contributed by atoms with E-state index in [-0.39, 0.29) is 0 Å². The van der Waals surface area contributed by atoms with Gasteiger partial charge in [-0.1, -0.05) is 146 Å². The summed E-state index contributed by atoms with van der Waals surface area (Å²) in [6, 6.07) is 65.1. The van der Waals surface area contributed by atoms with E-state index < -0.39 is 0 Å². The van der Waals surface area contributed by atoms with Crippen LogP contribution >= 0.6 is 0 Å². The fourth-order valence-corrected chi connectivity index (χ4v) is 8.64. The number of nitrogens with zero attached hydrogens (tertiary/aromatic N) is 3. The second kappa shape index (κ2) is 12.8. The van der Waals surface area contributed by atoms with E-state index >= 15 is 0 Å². The van der Waals surface area contributed by atoms with Crippen LogP contribution in [0.5, 0.6) is 0 Å². The Balaban J connectivity index is 1.07. The Hall–Kier alpha value is -7.89. The number of para-hydroxylation sites is 2. The second-order valence-electron chi connectivity index (χ2n) is 14.7. The van der Waals surface area contributed by atoms with Gasteiger partial charge in [0.05, 0.1) is 0 Å². The van der Waals surface area contributed by atoms with E-state index in [1.54, 1.807) is 0 Å². The van der Waals surface area contributed by atoms with Gasteiger partial charge in [-0.2, -0.15) is 0 Å². The Morgan fingerprint density at radius 3 is 1.60 bits per heavy atom. The predicted octanol–water partition coefficient (Wildman–Crippen LogP) is 14.3. The van der Waals surface area contributed by atoms with E-state index in [1.165, 1.54) is 0 Å². The molecule has 5 nitrogen and oxygen atoms in total. The van der Waals surface area contributed by atoms with Crippen LogP contribution < -0.4 is 0 Å². The second-order valence-corrected chi connectivity index (χ2v) is 14.7. The molecule has 0 aliphatic carbocycles. The third kappa shape index (κ3) is 5.14. The van der Waals surface area contributed by atoms with Gasteiger partial charge in [0.2, 0.25) is 0 Å². The average molecular weight is 742 g/mol. The van der Waals surface area contributed by atoms with Crippen molar-refractivity contribution in [3.63, 3.8) is 0 Å². The molecule has 0 unspecified atom stereocenters. The smallest absolute Gasteiger partial charge is 0.164 e. The lowest BCUT2D eigenvalue weighted by Crippen LogP contribution is -2.01. The van der Waals surface area contributed by atoms with Crippen LogP contribution in [0.1, 0.15) is 0 Å². The molecule has 0 aliphatic rings. The Kier molecular flexibility index (Phi) is 7.16. The number of aromatic nitrogens is 3. The fraction of sp³-hybridized carbons (Fsp3) is 0. The largest absolute Gasteiger partial charge is 0.456 e. The van der Waals surface area contributed by atoms with Gasteiger partial charge in [-0.3, -0.25) is 0 Å². The van der Waals surface area contributed by atoms with Crippen molar-refractivity contribution in [3.05, 3.63) is 188 Å². The standard InChI is InChI=1S/C53H31N3O2/c1-2-12-32(13-3-1)33-14-10-15-35(30-33)51-54-52(36-24-26-37-34(31-36)25-29-48-49(37)43-18-6-8-21-45(43)58-48)56-53(55-51)42-28-27-40(38-16-4-5-17-39(38)42)41-20-11-23-47-50(41)44-19-7-9-22-46(44)57-47/h1-31H. The number of rotatable bonds is 5. The maximum absolute atomic E-state index is 6.30. The van der Waals surface area contributed by atoms with Crippen molar-refractivity contribution < 1.29 is 8.83 Å². The van der Waals surface area contributed by atoms with Crippen molar-refractivity contribution >= 4 is 65.4 Å². The molecule has 12 aromatic rings. The van der Waals surface area contributed by atoms with Gasteiger partial charge >= 0.3 is 0 Å². The third-order valence-electron chi connectivity index (χ3n) is 11.3. The Labute approximate surface area is 332 Å². The van der Waals surface area contributed by atoms with Crippen molar-refractivity contribution in [2.75, 3.05) is 0 Å². The highest BCUT2D eigenvalue weighted by Crippen LogP contribution is 2.42. The summed E-state index contributed by atoms with van der Waals surface area (Å²) in [5.41, 5.74) is 10.7. The van der Waals surface area contributed by atoms with Gasteiger partial charge in [-0.15, -0.1) is 0 Å². The van der Waals surface area contributed by atoms with Crippen LogP contribution in [0.3, 0.4) is 0 Å². The summed E-state index contributed by atoms with van der Waals surface area (Å²) in [5.74, 6) is 1.82. The first-order valence-corrected chi connectivity index (χ1v) is 19.4. The molecule has 0 N–H and O–H groups in total. The van der Waals surface area contributed by atoms with Crippen LogP contribution in [-0.4, -0.2) is 15.0 Å². The molecule has 270 valence electrons. The molecule has 0 fully saturated rings. The summed E-state index contributed by atoms with van der Waals surface area (Å²) < 4.78 is 12.5. The van der Waals surface area contributed by atoms with Crippen LogP contribution in [0.15, 0.2) is 197 Å². The quantitative estimate of drug-likeness (QED) is 0.176. The molecule has 0 amide bonds. The number of hydrogen-bond acceptors (Lipinski definition) is 5. The zero-order chi connectivity index (χ0) is 38.2. The lowest BCUT2D eigenvalue weighted by atomic mass is 9.92. The minimum atomic E-state index is 0.604. The lowest BCUT2D eigenvalue weighted by Gasteiger charge is -2.14. The van der Waals surface area contributed by atoms with E-state index in [0.29, 0.717) is 17.5 Å². The van der Waals surface area contributed by atoms with Gasteiger partial charge in [0, 0.05) is 38.2 Å². The Bertz CT molecular complexity index is 3580. The van der Waals surface area contributed by atoms with Gasteiger partial charge < -0.3 is 8.83 Å². The summed E-state index contributed by atoms with van der Waals surface area (Å²) in [4.78, 5) is 15.7. The monoisotopic (exact) mass is 741 g/mol. The molecule has 3 heterocycles. The molecule has 0 bridgehead atoms. The molecule has 5 heteroatoms. The van der Waals surface area contributed by atoms with Crippen molar-refractivity contribution in [3.8, 4) is 56.4 Å². The summed E-state index contributed by atoms with van der Waals surface area (Å²) in [7, 11) is 0. The first kappa shape index (κ1) is 32.4. The number of hydrogen-bond donors (Lipinski definition) is 0. The Morgan fingerprint density at radius 1 is 0.276 bits per heavy atom. The molecule has 0 spiro atoms. The highest BCUT2D eigenvalue weighted by Gasteiger charge is 2.19. The van der Waals surface area contributed by atoms with E-state index in [0.717, 1.165) is 104 Å². The SMILES string of the molecule is c1ccc(-c2cccc(-c3nc(-c4ccc5c(ccc6oc7ccccc7c65)c4)nc(-c4ccc(-c5cccc6oc7ccccc7c56)c5ccccc45)n3)c2)cc1. The maximum atomic E-state index is 6.30. The minimum Gasteiger partial charge on any atom is -0.456 e. The topological polar surface area (TPSA) is 65.0 Å². The molecule has 12 rings (SSSR count). The summed E-state index contributed by atoms with van der Waals surface area (Å²) in [6.45, 7) is 0. The normalized spacial score (nSPS) is 11.8. The van der Waals surface area contributed by atoms with Crippen molar-refractivity contribution in [2.45, 2.75) is 0 Å². The zero-order valence-electron chi connectivity index (χ0n) is 31.1. The van der Waals surface area contributed by atoms with Crippen molar-refractivity contribution in [1.82, 2.24) is 15.0 Å². The lowest BCUT2D eigenvalue weighted by molar-refractivity contribution is 0.668. The molecule has 58 heavy (non-hydrogen) atoms. The van der Waals surface area contributed by atoms with Crippen LogP contribution in [-0.2, 0) is 0 Å². The molecular formula is C53H31N3O2. The number of furan rings is 2. The highest BCUT2D eigenvalue weighted by atomic mass is 16.3. The summed E-state index contributed by atoms with van der Waals surface area (Å²) in [6.07, 6.45) is 0. The van der Waals surface area contributed by atoms with Gasteiger partial charge in [0.1, 0.15) is 22.3 Å². The fourth-order valence-electron chi connectivity index (χ4n) is 8.64. The summed E-state index contributed by atoms with van der Waals surface area (Å²) in [5, 5.41) is 8.79. The highest BCUT2D eigenvalue weighted by molar-refractivity contribution is 6.19. The summed E-state index contributed by atoms with van der Waals surface area (Å²) >= 11 is 0. The van der Waals surface area contributed by atoms with Crippen LogP contribution in [0.2, 0.25) is 0 Å². The zero-order valence-corrected chi connectivity index (χ0v) is 31.1. The third-order valence-corrected chi connectivity index (χ3v) is 11.3. The van der Waals surface area contributed by atoms with Gasteiger partial charge in [-0.25, -0.2) is 15.0 Å². The number of benzene rings is 9. The van der Waals surface area contributed by atoms with E-state index in [2.05, 4.69) is 152 Å². The van der Waals surface area contributed by atoms with Crippen LogP contribution in [0, 0.1) is 0 Å². The molecule has 0 aliphatic heterocycles. The average Bonchev–Trinajstić information content (AvgIpc) is 3.88. The van der Waals surface area contributed by atoms with Gasteiger partial charge in [0.25, 0.3) is 0 Å². The first-order chi connectivity index (χ1) is 28.7. The molecule has 3 aromatic heterocycles. The van der Waals surface area contributed by atoms with Gasteiger partial charge in [-0.05, 0) is 86.3 Å². The first-order valence-electron chi connectivity index (χ1n) is 19.4. The molecule has 9 aromatic carbocycles.